The van der Waals surface area contributed by atoms with Crippen molar-refractivity contribution in [3.05, 3.63) is 29.8 Å². The fourth-order valence-corrected chi connectivity index (χ4v) is 2.77. The summed E-state index contributed by atoms with van der Waals surface area (Å²) in [5, 5.41) is 13.4. The van der Waals surface area contributed by atoms with Gasteiger partial charge in [0.15, 0.2) is 0 Å². The van der Waals surface area contributed by atoms with Crippen LogP contribution in [0.25, 0.3) is 0 Å². The van der Waals surface area contributed by atoms with Gasteiger partial charge in [0, 0.05) is 31.0 Å². The molecule has 2 rings (SSSR count). The number of aliphatic hydroxyl groups is 1. The van der Waals surface area contributed by atoms with Crippen molar-refractivity contribution in [2.24, 2.45) is 0 Å². The number of hydrogen-bond donors (Lipinski definition) is 2. The van der Waals surface area contributed by atoms with Crippen molar-refractivity contribution >= 4 is 11.8 Å². The number of halogens is 3. The summed E-state index contributed by atoms with van der Waals surface area (Å²) in [4.78, 5) is 0.169. The fraction of sp³-hybridized carbons (Fsp3) is 0.571. The van der Waals surface area contributed by atoms with Crippen molar-refractivity contribution in [1.29, 1.82) is 0 Å². The lowest BCUT2D eigenvalue weighted by molar-refractivity contribution is -0.0328. The average molecular weight is 321 g/mol. The van der Waals surface area contributed by atoms with Gasteiger partial charge in [-0.15, -0.1) is 0 Å². The number of rotatable bonds is 5. The molecule has 1 aromatic rings. The van der Waals surface area contributed by atoms with Crippen LogP contribution < -0.4 is 5.32 Å². The SMILES string of the molecule is CC1OCCC1(O)CNCc1ccc(SC(F)(F)F)cc1. The topological polar surface area (TPSA) is 41.5 Å². The largest absolute Gasteiger partial charge is 0.446 e. The van der Waals surface area contributed by atoms with Gasteiger partial charge in [0.05, 0.1) is 6.10 Å². The smallest absolute Gasteiger partial charge is 0.386 e. The summed E-state index contributed by atoms with van der Waals surface area (Å²) in [7, 11) is 0. The van der Waals surface area contributed by atoms with Gasteiger partial charge in [0.25, 0.3) is 0 Å². The number of alkyl halides is 3. The fourth-order valence-electron chi connectivity index (χ4n) is 2.24. The lowest BCUT2D eigenvalue weighted by atomic mass is 9.96. The van der Waals surface area contributed by atoms with Gasteiger partial charge in [-0.2, -0.15) is 13.2 Å². The first-order chi connectivity index (χ1) is 9.78. The van der Waals surface area contributed by atoms with Gasteiger partial charge in [-0.3, -0.25) is 0 Å². The lowest BCUT2D eigenvalue weighted by Crippen LogP contribution is -2.45. The summed E-state index contributed by atoms with van der Waals surface area (Å²) in [5.74, 6) is 0. The van der Waals surface area contributed by atoms with E-state index in [1.54, 1.807) is 12.1 Å². The van der Waals surface area contributed by atoms with E-state index in [1.165, 1.54) is 12.1 Å². The van der Waals surface area contributed by atoms with Crippen molar-refractivity contribution in [1.82, 2.24) is 5.32 Å². The van der Waals surface area contributed by atoms with E-state index in [4.69, 9.17) is 4.74 Å². The number of thioether (sulfide) groups is 1. The third-order valence-electron chi connectivity index (χ3n) is 3.58. The number of hydrogen-bond acceptors (Lipinski definition) is 4. The van der Waals surface area contributed by atoms with Crippen LogP contribution in [0.4, 0.5) is 13.2 Å². The Labute approximate surface area is 125 Å². The molecule has 0 spiro atoms. The first-order valence-electron chi connectivity index (χ1n) is 6.68. The molecule has 2 unspecified atom stereocenters. The first kappa shape index (κ1) is 16.6. The molecule has 2 N–H and O–H groups in total. The van der Waals surface area contributed by atoms with Crippen LogP contribution in [0.15, 0.2) is 29.2 Å². The van der Waals surface area contributed by atoms with E-state index >= 15 is 0 Å². The maximum Gasteiger partial charge on any atom is 0.446 e. The molecule has 0 radical (unpaired) electrons. The van der Waals surface area contributed by atoms with Gasteiger partial charge in [0.2, 0.25) is 0 Å². The summed E-state index contributed by atoms with van der Waals surface area (Å²) in [6, 6.07) is 6.20. The summed E-state index contributed by atoms with van der Waals surface area (Å²) in [5.41, 5.74) is -4.26. The highest BCUT2D eigenvalue weighted by molar-refractivity contribution is 8.00. The quantitative estimate of drug-likeness (QED) is 0.818. The summed E-state index contributed by atoms with van der Waals surface area (Å²) >= 11 is -0.124. The Hall–Kier alpha value is -0.760. The van der Waals surface area contributed by atoms with Crippen LogP contribution in [-0.2, 0) is 11.3 Å². The van der Waals surface area contributed by atoms with Crippen molar-refractivity contribution in [3.8, 4) is 0 Å². The summed E-state index contributed by atoms with van der Waals surface area (Å²) < 4.78 is 42.0. The predicted molar refractivity (Wildman–Crippen MR) is 75.0 cm³/mol. The zero-order valence-electron chi connectivity index (χ0n) is 11.6. The highest BCUT2D eigenvalue weighted by atomic mass is 32.2. The Morgan fingerprint density at radius 1 is 1.38 bits per heavy atom. The van der Waals surface area contributed by atoms with E-state index in [9.17, 15) is 18.3 Å². The van der Waals surface area contributed by atoms with Crippen LogP contribution in [0.1, 0.15) is 18.9 Å². The van der Waals surface area contributed by atoms with E-state index in [0.29, 0.717) is 26.1 Å². The standard InChI is InChI=1S/C14H18F3NO2S/c1-10-13(19,6-7-20-10)9-18-8-11-2-4-12(5-3-11)21-14(15,16)17/h2-5,10,18-19H,6-9H2,1H3. The second kappa shape index (κ2) is 6.56. The van der Waals surface area contributed by atoms with Crippen molar-refractivity contribution in [2.75, 3.05) is 13.2 Å². The van der Waals surface area contributed by atoms with Gasteiger partial charge in [0.1, 0.15) is 5.60 Å². The van der Waals surface area contributed by atoms with E-state index in [1.807, 2.05) is 6.92 Å². The highest BCUT2D eigenvalue weighted by Gasteiger charge is 2.38. The zero-order valence-corrected chi connectivity index (χ0v) is 12.4. The number of nitrogens with one attached hydrogen (secondary N) is 1. The monoisotopic (exact) mass is 321 g/mol. The zero-order chi connectivity index (χ0) is 15.5. The third-order valence-corrected chi connectivity index (χ3v) is 4.32. The maximum absolute atomic E-state index is 12.2. The minimum Gasteiger partial charge on any atom is -0.386 e. The molecule has 1 heterocycles. The van der Waals surface area contributed by atoms with E-state index in [-0.39, 0.29) is 22.8 Å². The van der Waals surface area contributed by atoms with E-state index in [0.717, 1.165) is 5.56 Å². The van der Waals surface area contributed by atoms with Crippen molar-refractivity contribution in [3.63, 3.8) is 0 Å². The van der Waals surface area contributed by atoms with E-state index < -0.39 is 11.1 Å². The molecule has 3 nitrogen and oxygen atoms in total. The van der Waals surface area contributed by atoms with E-state index in [2.05, 4.69) is 5.32 Å². The van der Waals surface area contributed by atoms with Crippen LogP contribution in [0, 0.1) is 0 Å². The third kappa shape index (κ3) is 4.88. The molecule has 0 amide bonds. The molecular formula is C14H18F3NO2S. The predicted octanol–water partition coefficient (Wildman–Crippen LogP) is 2.93. The molecule has 7 heteroatoms. The molecule has 1 aromatic carbocycles. The molecule has 21 heavy (non-hydrogen) atoms. The second-order valence-corrected chi connectivity index (χ2v) is 6.30. The van der Waals surface area contributed by atoms with Crippen molar-refractivity contribution < 1.29 is 23.0 Å². The molecule has 118 valence electrons. The maximum atomic E-state index is 12.2. The van der Waals surface area contributed by atoms with Gasteiger partial charge in [-0.1, -0.05) is 12.1 Å². The molecule has 0 bridgehead atoms. The van der Waals surface area contributed by atoms with Gasteiger partial charge in [-0.05, 0) is 36.4 Å². The molecule has 2 atom stereocenters. The summed E-state index contributed by atoms with van der Waals surface area (Å²) in [6.07, 6.45) is 0.373. The molecule has 1 aliphatic rings. The molecule has 0 aliphatic carbocycles. The molecule has 1 saturated heterocycles. The van der Waals surface area contributed by atoms with Gasteiger partial charge >= 0.3 is 5.51 Å². The Bertz CT molecular complexity index is 466. The Balaban J connectivity index is 1.81. The second-order valence-electron chi connectivity index (χ2n) is 5.16. The Morgan fingerprint density at radius 3 is 2.57 bits per heavy atom. The van der Waals surface area contributed by atoms with Crippen LogP contribution >= 0.6 is 11.8 Å². The Morgan fingerprint density at radius 2 is 2.05 bits per heavy atom. The minimum atomic E-state index is -4.26. The summed E-state index contributed by atoms with van der Waals surface area (Å²) in [6.45, 7) is 3.26. The van der Waals surface area contributed by atoms with Crippen LogP contribution in [0.2, 0.25) is 0 Å². The van der Waals surface area contributed by atoms with Gasteiger partial charge < -0.3 is 15.2 Å². The van der Waals surface area contributed by atoms with Crippen molar-refractivity contribution in [2.45, 2.75) is 42.0 Å². The normalized spacial score (nSPS) is 26.2. The average Bonchev–Trinajstić information content (AvgIpc) is 2.70. The Kier molecular flexibility index (Phi) is 5.19. The lowest BCUT2D eigenvalue weighted by Gasteiger charge is -2.26. The molecular weight excluding hydrogens is 303 g/mol. The number of benzene rings is 1. The minimum absolute atomic E-state index is 0.124. The van der Waals surface area contributed by atoms with Crippen LogP contribution in [-0.4, -0.2) is 35.5 Å². The van der Waals surface area contributed by atoms with Gasteiger partial charge in [-0.25, -0.2) is 0 Å². The van der Waals surface area contributed by atoms with Crippen LogP contribution in [0.5, 0.6) is 0 Å². The first-order valence-corrected chi connectivity index (χ1v) is 7.49. The van der Waals surface area contributed by atoms with Crippen LogP contribution in [0.3, 0.4) is 0 Å². The molecule has 1 aliphatic heterocycles. The number of ether oxygens (including phenoxy) is 1. The molecule has 0 saturated carbocycles. The highest BCUT2D eigenvalue weighted by Crippen LogP contribution is 2.36. The molecule has 1 fully saturated rings. The molecule has 0 aromatic heterocycles.